The first-order valence-electron chi connectivity index (χ1n) is 7.56. The van der Waals surface area contributed by atoms with E-state index in [2.05, 4.69) is 21.7 Å². The van der Waals surface area contributed by atoms with Crippen molar-refractivity contribution in [3.8, 4) is 5.75 Å². The van der Waals surface area contributed by atoms with Gasteiger partial charge in [-0.1, -0.05) is 25.3 Å². The topological polar surface area (TPSA) is 29.9 Å². The molecule has 0 unspecified atom stereocenters. The van der Waals surface area contributed by atoms with Crippen molar-refractivity contribution in [1.29, 1.82) is 0 Å². The standard InChI is InChI=1S/C16H22N2OS/c1-11(2)19-14-10-6-9-13-15(14)17-16(20)18(13)12-7-4-3-5-8-12/h6,9-12H,3-5,7-8H2,1-2H3,(H,17,20). The van der Waals surface area contributed by atoms with E-state index in [9.17, 15) is 0 Å². The highest BCUT2D eigenvalue weighted by Gasteiger charge is 2.19. The molecule has 1 aromatic carbocycles. The van der Waals surface area contributed by atoms with Gasteiger partial charge in [0, 0.05) is 6.04 Å². The summed E-state index contributed by atoms with van der Waals surface area (Å²) >= 11 is 5.56. The van der Waals surface area contributed by atoms with E-state index in [-0.39, 0.29) is 6.10 Å². The average molecular weight is 290 g/mol. The van der Waals surface area contributed by atoms with Gasteiger partial charge in [0.05, 0.1) is 11.6 Å². The minimum atomic E-state index is 0.167. The Hall–Kier alpha value is -1.29. The van der Waals surface area contributed by atoms with Gasteiger partial charge in [-0.2, -0.15) is 0 Å². The minimum absolute atomic E-state index is 0.167. The number of nitrogens with one attached hydrogen (secondary N) is 1. The number of H-pyrrole nitrogens is 1. The molecule has 3 nitrogen and oxygen atoms in total. The Morgan fingerprint density at radius 2 is 2.00 bits per heavy atom. The summed E-state index contributed by atoms with van der Waals surface area (Å²) in [6, 6.07) is 6.75. The molecule has 1 aromatic heterocycles. The van der Waals surface area contributed by atoms with Crippen LogP contribution in [0.2, 0.25) is 0 Å². The lowest BCUT2D eigenvalue weighted by molar-refractivity contribution is 0.245. The zero-order chi connectivity index (χ0) is 14.1. The van der Waals surface area contributed by atoms with Gasteiger partial charge >= 0.3 is 0 Å². The third-order valence-corrected chi connectivity index (χ3v) is 4.32. The molecular formula is C16H22N2OS. The number of para-hydroxylation sites is 1. The lowest BCUT2D eigenvalue weighted by Gasteiger charge is -2.23. The minimum Gasteiger partial charge on any atom is -0.489 e. The highest BCUT2D eigenvalue weighted by molar-refractivity contribution is 7.71. The number of nitrogens with zero attached hydrogens (tertiary/aromatic N) is 1. The summed E-state index contributed by atoms with van der Waals surface area (Å²) < 4.78 is 9.02. The molecule has 0 atom stereocenters. The predicted molar refractivity (Wildman–Crippen MR) is 85.0 cm³/mol. The third-order valence-electron chi connectivity index (χ3n) is 4.02. The van der Waals surface area contributed by atoms with Crippen molar-refractivity contribution in [3.05, 3.63) is 23.0 Å². The second-order valence-electron chi connectivity index (χ2n) is 5.91. The number of aromatic nitrogens is 2. The molecule has 0 bridgehead atoms. The van der Waals surface area contributed by atoms with E-state index in [0.717, 1.165) is 16.0 Å². The van der Waals surface area contributed by atoms with Gasteiger partial charge in [0.1, 0.15) is 11.3 Å². The molecule has 1 N–H and O–H groups in total. The fourth-order valence-corrected chi connectivity index (χ4v) is 3.53. The van der Waals surface area contributed by atoms with E-state index in [1.807, 2.05) is 19.9 Å². The van der Waals surface area contributed by atoms with Crippen molar-refractivity contribution in [3.63, 3.8) is 0 Å². The number of benzene rings is 1. The Morgan fingerprint density at radius 1 is 1.25 bits per heavy atom. The highest BCUT2D eigenvalue weighted by Crippen LogP contribution is 2.34. The zero-order valence-corrected chi connectivity index (χ0v) is 13.0. The largest absolute Gasteiger partial charge is 0.489 e. The Kier molecular flexibility index (Phi) is 3.83. The monoisotopic (exact) mass is 290 g/mol. The summed E-state index contributed by atoms with van der Waals surface area (Å²) in [6.45, 7) is 4.09. The van der Waals surface area contributed by atoms with Gasteiger partial charge in [0.15, 0.2) is 4.77 Å². The smallest absolute Gasteiger partial charge is 0.178 e. The maximum atomic E-state index is 5.89. The molecule has 1 heterocycles. The maximum Gasteiger partial charge on any atom is 0.178 e. The normalized spacial score (nSPS) is 16.9. The van der Waals surface area contributed by atoms with Crippen LogP contribution in [0, 0.1) is 4.77 Å². The average Bonchev–Trinajstić information content (AvgIpc) is 2.76. The first-order valence-corrected chi connectivity index (χ1v) is 7.97. The van der Waals surface area contributed by atoms with E-state index >= 15 is 0 Å². The number of aromatic amines is 1. The highest BCUT2D eigenvalue weighted by atomic mass is 32.1. The van der Waals surface area contributed by atoms with Crippen LogP contribution in [0.15, 0.2) is 18.2 Å². The van der Waals surface area contributed by atoms with Crippen molar-refractivity contribution < 1.29 is 4.74 Å². The number of hydrogen-bond donors (Lipinski definition) is 1. The lowest BCUT2D eigenvalue weighted by atomic mass is 9.95. The molecule has 3 rings (SSSR count). The summed E-state index contributed by atoms with van der Waals surface area (Å²) in [7, 11) is 0. The number of hydrogen-bond acceptors (Lipinski definition) is 2. The van der Waals surface area contributed by atoms with Crippen LogP contribution in [0.5, 0.6) is 5.75 Å². The molecule has 108 valence electrons. The van der Waals surface area contributed by atoms with Crippen LogP contribution in [-0.4, -0.2) is 15.7 Å². The Labute approximate surface area is 125 Å². The SMILES string of the molecule is CC(C)Oc1cccc2c1[nH]c(=S)n2C1CCCCC1. The van der Waals surface area contributed by atoms with Crippen LogP contribution >= 0.6 is 12.2 Å². The van der Waals surface area contributed by atoms with Crippen LogP contribution in [0.4, 0.5) is 0 Å². The van der Waals surface area contributed by atoms with Crippen molar-refractivity contribution >= 4 is 23.3 Å². The second kappa shape index (κ2) is 5.60. The fraction of sp³-hybridized carbons (Fsp3) is 0.562. The molecular weight excluding hydrogens is 268 g/mol. The van der Waals surface area contributed by atoms with Gasteiger partial charge in [-0.05, 0) is 51.0 Å². The molecule has 0 amide bonds. The molecule has 1 aliphatic carbocycles. The van der Waals surface area contributed by atoms with Gasteiger partial charge in [0.2, 0.25) is 0 Å². The van der Waals surface area contributed by atoms with Gasteiger partial charge < -0.3 is 14.3 Å². The number of fused-ring (bicyclic) bond motifs is 1. The Balaban J connectivity index is 2.09. The lowest BCUT2D eigenvalue weighted by Crippen LogP contribution is -2.12. The molecule has 0 spiro atoms. The summed E-state index contributed by atoms with van der Waals surface area (Å²) in [4.78, 5) is 3.35. The summed E-state index contributed by atoms with van der Waals surface area (Å²) in [5.41, 5.74) is 2.22. The van der Waals surface area contributed by atoms with E-state index < -0.39 is 0 Å². The molecule has 0 aliphatic heterocycles. The number of imidazole rings is 1. The van der Waals surface area contributed by atoms with E-state index in [4.69, 9.17) is 17.0 Å². The quantitative estimate of drug-likeness (QED) is 0.807. The molecule has 0 radical (unpaired) electrons. The predicted octanol–water partition coefficient (Wildman–Crippen LogP) is 4.99. The summed E-state index contributed by atoms with van der Waals surface area (Å²) in [5.74, 6) is 0.901. The number of ether oxygens (including phenoxy) is 1. The molecule has 2 aromatic rings. The summed E-state index contributed by atoms with van der Waals surface area (Å²) in [6.07, 6.45) is 6.60. The third kappa shape index (κ3) is 2.49. The van der Waals surface area contributed by atoms with Crippen LogP contribution < -0.4 is 4.74 Å². The molecule has 1 aliphatic rings. The van der Waals surface area contributed by atoms with Gasteiger partial charge in [-0.3, -0.25) is 0 Å². The molecule has 20 heavy (non-hydrogen) atoms. The molecule has 1 saturated carbocycles. The zero-order valence-electron chi connectivity index (χ0n) is 12.2. The van der Waals surface area contributed by atoms with Crippen LogP contribution in [0.25, 0.3) is 11.0 Å². The first-order chi connectivity index (χ1) is 9.66. The van der Waals surface area contributed by atoms with E-state index in [1.165, 1.54) is 37.6 Å². The molecule has 0 saturated heterocycles. The molecule has 1 fully saturated rings. The summed E-state index contributed by atoms with van der Waals surface area (Å²) in [5, 5.41) is 0. The maximum absolute atomic E-state index is 5.89. The van der Waals surface area contributed by atoms with E-state index in [0.29, 0.717) is 6.04 Å². The van der Waals surface area contributed by atoms with Crippen molar-refractivity contribution in [2.75, 3.05) is 0 Å². The first kappa shape index (κ1) is 13.7. The van der Waals surface area contributed by atoms with Crippen LogP contribution in [0.3, 0.4) is 0 Å². The fourth-order valence-electron chi connectivity index (χ4n) is 3.18. The van der Waals surface area contributed by atoms with Gasteiger partial charge in [-0.25, -0.2) is 0 Å². The Bertz CT molecular complexity index is 650. The Morgan fingerprint density at radius 3 is 2.70 bits per heavy atom. The van der Waals surface area contributed by atoms with Crippen molar-refractivity contribution in [2.24, 2.45) is 0 Å². The van der Waals surface area contributed by atoms with Crippen LogP contribution in [0.1, 0.15) is 52.0 Å². The van der Waals surface area contributed by atoms with Gasteiger partial charge in [0.25, 0.3) is 0 Å². The second-order valence-corrected chi connectivity index (χ2v) is 6.30. The van der Waals surface area contributed by atoms with Crippen LogP contribution in [-0.2, 0) is 0 Å². The number of rotatable bonds is 3. The molecule has 4 heteroatoms. The van der Waals surface area contributed by atoms with Crippen molar-refractivity contribution in [2.45, 2.75) is 58.1 Å². The van der Waals surface area contributed by atoms with E-state index in [1.54, 1.807) is 0 Å². The van der Waals surface area contributed by atoms with Crippen molar-refractivity contribution in [1.82, 2.24) is 9.55 Å². The van der Waals surface area contributed by atoms with Gasteiger partial charge in [-0.15, -0.1) is 0 Å².